The van der Waals surface area contributed by atoms with Gasteiger partial charge in [-0.2, -0.15) is 0 Å². The Morgan fingerprint density at radius 3 is 1.82 bits per heavy atom. The second kappa shape index (κ2) is 4.53. The van der Waals surface area contributed by atoms with E-state index < -0.39 is 0 Å². The Hall–Kier alpha value is -0.330. The summed E-state index contributed by atoms with van der Waals surface area (Å²) in [4.78, 5) is 11.4. The Morgan fingerprint density at radius 2 is 1.55 bits per heavy atom. The van der Waals surface area contributed by atoms with Crippen LogP contribution in [0.1, 0.15) is 41.0 Å². The lowest BCUT2D eigenvalue weighted by Crippen LogP contribution is -2.18. The lowest BCUT2D eigenvalue weighted by atomic mass is 9.90. The number of Topliss-reactive ketones (excluding diaryl/α,β-unsaturated/α-hetero) is 1. The van der Waals surface area contributed by atoms with Crippen LogP contribution in [0.2, 0.25) is 0 Å². The van der Waals surface area contributed by atoms with Crippen LogP contribution >= 0.6 is 0 Å². The molecule has 0 fully saturated rings. The maximum Gasteiger partial charge on any atom is 0.138 e. The van der Waals surface area contributed by atoms with Crippen molar-refractivity contribution < 1.29 is 4.79 Å². The smallest absolute Gasteiger partial charge is 0.138 e. The minimum atomic E-state index is 0.198. The summed E-state index contributed by atoms with van der Waals surface area (Å²) >= 11 is 0. The van der Waals surface area contributed by atoms with E-state index >= 15 is 0 Å². The molecule has 0 aliphatic carbocycles. The van der Waals surface area contributed by atoms with Gasteiger partial charge in [0.05, 0.1) is 0 Å². The maximum atomic E-state index is 11.4. The zero-order valence-corrected chi connectivity index (χ0v) is 8.35. The molecule has 0 bridgehead atoms. The first-order valence-corrected chi connectivity index (χ1v) is 4.48. The molecule has 0 heterocycles. The van der Waals surface area contributed by atoms with Crippen LogP contribution < -0.4 is 0 Å². The number of carbonyl (C=O) groups excluding carboxylic acids is 1. The fourth-order valence-electron chi connectivity index (χ4n) is 1.39. The largest absolute Gasteiger partial charge is 0.299 e. The molecule has 11 heavy (non-hydrogen) atoms. The molecule has 0 N–H and O–H groups in total. The normalized spacial score (nSPS) is 14.1. The molecule has 0 aliphatic rings. The van der Waals surface area contributed by atoms with Gasteiger partial charge in [-0.3, -0.25) is 4.79 Å². The molecule has 0 aromatic heterocycles. The molecule has 0 aliphatic heterocycles. The minimum Gasteiger partial charge on any atom is -0.299 e. The summed E-state index contributed by atoms with van der Waals surface area (Å²) in [5, 5.41) is 0. The van der Waals surface area contributed by atoms with Gasteiger partial charge in [0.15, 0.2) is 0 Å². The van der Waals surface area contributed by atoms with Gasteiger partial charge < -0.3 is 0 Å². The van der Waals surface area contributed by atoms with Crippen molar-refractivity contribution >= 4 is 5.78 Å². The van der Waals surface area contributed by atoms with Crippen LogP contribution in [0.3, 0.4) is 0 Å². The zero-order chi connectivity index (χ0) is 9.02. The van der Waals surface area contributed by atoms with E-state index in [1.54, 1.807) is 0 Å². The topological polar surface area (TPSA) is 17.1 Å². The van der Waals surface area contributed by atoms with Gasteiger partial charge in [0, 0.05) is 11.8 Å². The first-order chi connectivity index (χ1) is 4.95. The Bertz CT molecular complexity index is 125. The van der Waals surface area contributed by atoms with E-state index in [2.05, 4.69) is 13.8 Å². The van der Waals surface area contributed by atoms with E-state index in [0.717, 1.165) is 6.42 Å². The third-order valence-corrected chi connectivity index (χ3v) is 1.88. The highest BCUT2D eigenvalue weighted by Gasteiger charge is 2.16. The Labute approximate surface area is 70.2 Å². The summed E-state index contributed by atoms with van der Waals surface area (Å²) in [5.41, 5.74) is 0. The Kier molecular flexibility index (Phi) is 4.39. The van der Waals surface area contributed by atoms with Gasteiger partial charge >= 0.3 is 0 Å². The predicted octanol–water partition coefficient (Wildman–Crippen LogP) is 2.89. The van der Waals surface area contributed by atoms with Gasteiger partial charge in [-0.15, -0.1) is 0 Å². The molecule has 0 radical (unpaired) electrons. The quantitative estimate of drug-likeness (QED) is 0.611. The first kappa shape index (κ1) is 10.7. The molecule has 1 atom stereocenters. The van der Waals surface area contributed by atoms with Gasteiger partial charge in [-0.05, 0) is 12.3 Å². The highest BCUT2D eigenvalue weighted by atomic mass is 16.1. The summed E-state index contributed by atoms with van der Waals surface area (Å²) < 4.78 is 0. The summed E-state index contributed by atoms with van der Waals surface area (Å²) in [6, 6.07) is 0. The van der Waals surface area contributed by atoms with E-state index in [9.17, 15) is 4.79 Å². The lowest BCUT2D eigenvalue weighted by Gasteiger charge is -2.14. The van der Waals surface area contributed by atoms with Gasteiger partial charge in [0.2, 0.25) is 0 Å². The van der Waals surface area contributed by atoms with Crippen molar-refractivity contribution in [2.75, 3.05) is 0 Å². The summed E-state index contributed by atoms with van der Waals surface area (Å²) in [6.07, 6.45) is 1.02. The van der Waals surface area contributed by atoms with Gasteiger partial charge in [-0.25, -0.2) is 0 Å². The van der Waals surface area contributed by atoms with Crippen LogP contribution in [0.4, 0.5) is 0 Å². The van der Waals surface area contributed by atoms with Crippen molar-refractivity contribution in [2.24, 2.45) is 17.8 Å². The molecule has 0 aromatic rings. The highest BCUT2D eigenvalue weighted by molar-refractivity contribution is 5.82. The average Bonchev–Trinajstić information content (AvgIpc) is 1.84. The van der Waals surface area contributed by atoms with E-state index in [0.29, 0.717) is 11.7 Å². The molecule has 1 unspecified atom stereocenters. The number of hydrogen-bond donors (Lipinski definition) is 0. The number of hydrogen-bond acceptors (Lipinski definition) is 1. The van der Waals surface area contributed by atoms with Gasteiger partial charge in [0.1, 0.15) is 5.78 Å². The monoisotopic (exact) mass is 156 g/mol. The lowest BCUT2D eigenvalue weighted by molar-refractivity contribution is -0.125. The van der Waals surface area contributed by atoms with Crippen LogP contribution in [-0.4, -0.2) is 5.78 Å². The van der Waals surface area contributed by atoms with Crippen LogP contribution in [0, 0.1) is 17.8 Å². The standard InChI is InChI=1S/C10H20O/c1-7(2)6-9(5)10(11)8(3)4/h7-9H,6H2,1-5H3. The van der Waals surface area contributed by atoms with E-state index in [-0.39, 0.29) is 11.8 Å². The van der Waals surface area contributed by atoms with Crippen molar-refractivity contribution in [3.05, 3.63) is 0 Å². The summed E-state index contributed by atoms with van der Waals surface area (Å²) in [7, 11) is 0. The van der Waals surface area contributed by atoms with E-state index in [1.165, 1.54) is 0 Å². The predicted molar refractivity (Wildman–Crippen MR) is 48.5 cm³/mol. The third kappa shape index (κ3) is 4.18. The fraction of sp³-hybridized carbons (Fsp3) is 0.900. The van der Waals surface area contributed by atoms with E-state index in [4.69, 9.17) is 0 Å². The molecule has 1 heteroatoms. The molecule has 0 saturated heterocycles. The van der Waals surface area contributed by atoms with Gasteiger partial charge in [0.25, 0.3) is 0 Å². The van der Waals surface area contributed by atoms with Crippen LogP contribution in [0.5, 0.6) is 0 Å². The van der Waals surface area contributed by atoms with Crippen LogP contribution in [0.15, 0.2) is 0 Å². The Balaban J connectivity index is 3.83. The average molecular weight is 156 g/mol. The maximum absolute atomic E-state index is 11.4. The van der Waals surface area contributed by atoms with Crippen molar-refractivity contribution in [2.45, 2.75) is 41.0 Å². The molecule has 0 rings (SSSR count). The SMILES string of the molecule is CC(C)CC(C)C(=O)C(C)C. The van der Waals surface area contributed by atoms with E-state index in [1.807, 2.05) is 20.8 Å². The number of carbonyl (C=O) groups is 1. The highest BCUT2D eigenvalue weighted by Crippen LogP contribution is 2.15. The molecular formula is C10H20O. The summed E-state index contributed by atoms with van der Waals surface area (Å²) in [6.45, 7) is 10.3. The third-order valence-electron chi connectivity index (χ3n) is 1.88. The Morgan fingerprint density at radius 1 is 1.09 bits per heavy atom. The van der Waals surface area contributed by atoms with Crippen LogP contribution in [0.25, 0.3) is 0 Å². The van der Waals surface area contributed by atoms with Crippen molar-refractivity contribution in [1.29, 1.82) is 0 Å². The first-order valence-electron chi connectivity index (χ1n) is 4.48. The molecular weight excluding hydrogens is 136 g/mol. The van der Waals surface area contributed by atoms with Gasteiger partial charge in [-0.1, -0.05) is 34.6 Å². The molecule has 0 saturated carbocycles. The number of ketones is 1. The second-order valence-electron chi connectivity index (χ2n) is 4.09. The summed E-state index contributed by atoms with van der Waals surface area (Å²) in [5.74, 6) is 1.48. The minimum absolute atomic E-state index is 0.198. The molecule has 1 nitrogen and oxygen atoms in total. The zero-order valence-electron chi connectivity index (χ0n) is 8.35. The molecule has 66 valence electrons. The van der Waals surface area contributed by atoms with Crippen molar-refractivity contribution in [3.8, 4) is 0 Å². The number of rotatable bonds is 4. The van der Waals surface area contributed by atoms with Crippen molar-refractivity contribution in [1.82, 2.24) is 0 Å². The molecule has 0 aromatic carbocycles. The fourth-order valence-corrected chi connectivity index (χ4v) is 1.39. The molecule has 0 spiro atoms. The second-order valence-corrected chi connectivity index (χ2v) is 4.09. The van der Waals surface area contributed by atoms with Crippen LogP contribution in [-0.2, 0) is 4.79 Å². The van der Waals surface area contributed by atoms with Crippen molar-refractivity contribution in [3.63, 3.8) is 0 Å². The molecule has 0 amide bonds.